The molecule has 156 valence electrons. The van der Waals surface area contributed by atoms with Crippen LogP contribution in [-0.4, -0.2) is 67.8 Å². The average Bonchev–Trinajstić information content (AvgIpc) is 2.74. The molecule has 9 heteroatoms. The summed E-state index contributed by atoms with van der Waals surface area (Å²) < 4.78 is 33.3. The van der Waals surface area contributed by atoms with E-state index in [9.17, 15) is 8.42 Å². The molecule has 0 N–H and O–H groups in total. The van der Waals surface area contributed by atoms with Crippen LogP contribution in [0.4, 0.5) is 5.82 Å². The van der Waals surface area contributed by atoms with Crippen LogP contribution in [0.25, 0.3) is 0 Å². The molecule has 8 nitrogen and oxygen atoms in total. The number of rotatable bonds is 4. The molecule has 1 aromatic heterocycles. The molecule has 2 aliphatic heterocycles. The third kappa shape index (κ3) is 3.58. The van der Waals surface area contributed by atoms with Crippen LogP contribution >= 0.6 is 0 Å². The lowest BCUT2D eigenvalue weighted by molar-refractivity contribution is 0.219. The molecular formula is C20H27N5O3S. The minimum absolute atomic E-state index is 0.106. The van der Waals surface area contributed by atoms with Crippen molar-refractivity contribution in [1.82, 2.24) is 18.6 Å². The monoisotopic (exact) mass is 417 g/mol. The molecule has 2 aromatic rings. The fraction of sp³-hybridized carbons (Fsp3) is 0.500. The summed E-state index contributed by atoms with van der Waals surface area (Å²) in [7, 11) is 1.37. The Hall–Kier alpha value is -2.23. The number of fused-ring (bicyclic) bond motifs is 2. The number of piperidine rings is 1. The van der Waals surface area contributed by atoms with Crippen LogP contribution in [-0.2, 0) is 22.2 Å². The third-order valence-electron chi connectivity index (χ3n) is 6.07. The van der Waals surface area contributed by atoms with Crippen molar-refractivity contribution in [3.8, 4) is 5.88 Å². The van der Waals surface area contributed by atoms with Crippen molar-refractivity contribution in [3.63, 3.8) is 0 Å². The van der Waals surface area contributed by atoms with Gasteiger partial charge < -0.3 is 9.64 Å². The number of hydrogen-bond donors (Lipinski definition) is 0. The Morgan fingerprint density at radius 3 is 2.55 bits per heavy atom. The summed E-state index contributed by atoms with van der Waals surface area (Å²) in [6, 6.07) is 10.3. The number of ether oxygens (including phenoxy) is 1. The molecule has 29 heavy (non-hydrogen) atoms. The Bertz CT molecular complexity index is 987. The van der Waals surface area contributed by atoms with E-state index in [4.69, 9.17) is 4.74 Å². The van der Waals surface area contributed by atoms with Crippen LogP contribution in [0.3, 0.4) is 0 Å². The molecule has 4 rings (SSSR count). The van der Waals surface area contributed by atoms with Gasteiger partial charge in [-0.15, -0.1) is 0 Å². The molecule has 1 saturated heterocycles. The van der Waals surface area contributed by atoms with E-state index in [0.717, 1.165) is 31.7 Å². The summed E-state index contributed by atoms with van der Waals surface area (Å²) in [4.78, 5) is 10.8. The molecule has 0 radical (unpaired) electrons. The number of nitrogens with zero attached hydrogens (tertiary/aromatic N) is 5. The molecule has 0 unspecified atom stereocenters. The van der Waals surface area contributed by atoms with Gasteiger partial charge in [0.15, 0.2) is 0 Å². The van der Waals surface area contributed by atoms with Crippen LogP contribution in [0.5, 0.6) is 5.88 Å². The first-order chi connectivity index (χ1) is 13.9. The number of methoxy groups -OCH3 is 1. The number of benzene rings is 1. The van der Waals surface area contributed by atoms with Crippen LogP contribution < -0.4 is 9.64 Å². The van der Waals surface area contributed by atoms with Crippen molar-refractivity contribution in [2.24, 2.45) is 0 Å². The lowest BCUT2D eigenvalue weighted by atomic mass is 9.69. The van der Waals surface area contributed by atoms with E-state index in [1.54, 1.807) is 25.5 Å². The van der Waals surface area contributed by atoms with E-state index in [-0.39, 0.29) is 5.41 Å². The maximum absolute atomic E-state index is 12.6. The van der Waals surface area contributed by atoms with Gasteiger partial charge in [0, 0.05) is 51.8 Å². The van der Waals surface area contributed by atoms with Gasteiger partial charge in [0.05, 0.1) is 7.11 Å². The van der Waals surface area contributed by atoms with Gasteiger partial charge in [-0.05, 0) is 24.0 Å². The van der Waals surface area contributed by atoms with Crippen molar-refractivity contribution >= 4 is 16.0 Å². The quantitative estimate of drug-likeness (QED) is 0.753. The molecule has 2 aliphatic rings. The fourth-order valence-corrected chi connectivity index (χ4v) is 5.57. The zero-order chi connectivity index (χ0) is 20.6. The van der Waals surface area contributed by atoms with Crippen LogP contribution in [0.2, 0.25) is 0 Å². The number of hydrogen-bond acceptors (Lipinski definition) is 6. The lowest BCUT2D eigenvalue weighted by Gasteiger charge is -2.48. The van der Waals surface area contributed by atoms with E-state index in [2.05, 4.69) is 39.1 Å². The van der Waals surface area contributed by atoms with Gasteiger partial charge in [0.25, 0.3) is 10.2 Å². The summed E-state index contributed by atoms with van der Waals surface area (Å²) in [6.07, 6.45) is 3.07. The maximum Gasteiger partial charge on any atom is 0.281 e. The minimum atomic E-state index is -3.39. The summed E-state index contributed by atoms with van der Waals surface area (Å²) in [5.41, 5.74) is 2.49. The number of anilines is 1. The molecule has 1 fully saturated rings. The highest BCUT2D eigenvalue weighted by atomic mass is 32.2. The van der Waals surface area contributed by atoms with Crippen molar-refractivity contribution < 1.29 is 13.2 Å². The molecule has 1 spiro atoms. The molecule has 1 aromatic carbocycles. The third-order valence-corrected chi connectivity index (χ3v) is 8.01. The Kier molecular flexibility index (Phi) is 5.22. The largest absolute Gasteiger partial charge is 0.481 e. The smallest absolute Gasteiger partial charge is 0.281 e. The lowest BCUT2D eigenvalue weighted by Crippen LogP contribution is -2.54. The maximum atomic E-state index is 12.6. The van der Waals surface area contributed by atoms with E-state index < -0.39 is 10.2 Å². The van der Waals surface area contributed by atoms with Crippen molar-refractivity contribution in [2.75, 3.05) is 45.7 Å². The predicted molar refractivity (Wildman–Crippen MR) is 111 cm³/mol. The standard InChI is InChI=1S/C20H27N5O3S/c1-23(2)29(26,27)25-10-8-20(9-11-25)14-24(13-16-6-4-5-7-17(16)20)18-12-19(28-3)22-15-21-18/h4-7,12,15H,8-11,13-14H2,1-3H3. The second-order valence-corrected chi connectivity index (χ2v) is 10.0. The Morgan fingerprint density at radius 2 is 1.86 bits per heavy atom. The summed E-state index contributed by atoms with van der Waals surface area (Å²) in [5.74, 6) is 1.36. The minimum Gasteiger partial charge on any atom is -0.481 e. The molecule has 0 aliphatic carbocycles. The van der Waals surface area contributed by atoms with Crippen LogP contribution in [0.1, 0.15) is 24.0 Å². The average molecular weight is 418 g/mol. The van der Waals surface area contributed by atoms with E-state index in [1.807, 2.05) is 6.07 Å². The Labute approximate surface area is 172 Å². The highest BCUT2D eigenvalue weighted by molar-refractivity contribution is 7.86. The van der Waals surface area contributed by atoms with Gasteiger partial charge in [0.2, 0.25) is 5.88 Å². The summed E-state index contributed by atoms with van der Waals surface area (Å²) in [6.45, 7) is 2.57. The molecule has 3 heterocycles. The summed E-state index contributed by atoms with van der Waals surface area (Å²) >= 11 is 0. The fourth-order valence-electron chi connectivity index (χ4n) is 4.47. The van der Waals surface area contributed by atoms with E-state index >= 15 is 0 Å². The Balaban J connectivity index is 1.66. The first-order valence-electron chi connectivity index (χ1n) is 9.73. The van der Waals surface area contributed by atoms with Crippen LogP contribution in [0.15, 0.2) is 36.7 Å². The molecule has 0 amide bonds. The predicted octanol–water partition coefficient (Wildman–Crippen LogP) is 1.65. The first-order valence-corrected chi connectivity index (χ1v) is 11.1. The zero-order valence-electron chi connectivity index (χ0n) is 17.1. The van der Waals surface area contributed by atoms with Gasteiger partial charge in [-0.2, -0.15) is 17.0 Å². The molecule has 0 atom stereocenters. The van der Waals surface area contributed by atoms with Gasteiger partial charge in [0.1, 0.15) is 12.1 Å². The summed E-state index contributed by atoms with van der Waals surface area (Å²) in [5, 5.41) is 0. The van der Waals surface area contributed by atoms with Crippen LogP contribution in [0, 0.1) is 0 Å². The van der Waals surface area contributed by atoms with E-state index in [1.165, 1.54) is 21.8 Å². The van der Waals surface area contributed by atoms with Gasteiger partial charge in [-0.1, -0.05) is 24.3 Å². The first kappa shape index (κ1) is 20.1. The molecule has 0 bridgehead atoms. The van der Waals surface area contributed by atoms with Gasteiger partial charge in [-0.25, -0.2) is 9.97 Å². The second-order valence-electron chi connectivity index (χ2n) is 7.90. The second kappa shape index (κ2) is 7.55. The highest BCUT2D eigenvalue weighted by Crippen LogP contribution is 2.43. The molecule has 0 saturated carbocycles. The van der Waals surface area contributed by atoms with Gasteiger partial charge in [-0.3, -0.25) is 0 Å². The number of aromatic nitrogens is 2. The highest BCUT2D eigenvalue weighted by Gasteiger charge is 2.44. The van der Waals surface area contributed by atoms with Crippen molar-refractivity contribution in [2.45, 2.75) is 24.8 Å². The normalized spacial score (nSPS) is 19.4. The van der Waals surface area contributed by atoms with Gasteiger partial charge >= 0.3 is 0 Å². The van der Waals surface area contributed by atoms with Crippen molar-refractivity contribution in [1.29, 1.82) is 0 Å². The zero-order valence-corrected chi connectivity index (χ0v) is 17.9. The van der Waals surface area contributed by atoms with Crippen molar-refractivity contribution in [3.05, 3.63) is 47.8 Å². The molecular weight excluding hydrogens is 390 g/mol. The topological polar surface area (TPSA) is 78.9 Å². The Morgan fingerprint density at radius 1 is 1.14 bits per heavy atom. The SMILES string of the molecule is COc1cc(N2Cc3ccccc3C3(CCN(S(=O)(=O)N(C)C)CC3)C2)ncn1. The van der Waals surface area contributed by atoms with E-state index in [0.29, 0.717) is 19.0 Å².